The summed E-state index contributed by atoms with van der Waals surface area (Å²) in [6.45, 7) is 4.10. The minimum absolute atomic E-state index is 0.145. The molecule has 1 saturated carbocycles. The number of amides is 2. The number of anilines is 1. The van der Waals surface area contributed by atoms with Gasteiger partial charge in [-0.3, -0.25) is 19.7 Å². The SMILES string of the molecule is Cc1ccc(C(=C2[C@H]3C=C[C@@H]2[C@H]2C(=O)N(c4cccc([N+](=O)[O-])c4)C(=O)[C@@H]23)c2ccc(C)cc2)cc1. The number of hydrogen-bond acceptors (Lipinski definition) is 4. The van der Waals surface area contributed by atoms with E-state index < -0.39 is 16.8 Å². The van der Waals surface area contributed by atoms with Gasteiger partial charge in [-0.15, -0.1) is 0 Å². The summed E-state index contributed by atoms with van der Waals surface area (Å²) < 4.78 is 0. The number of non-ortho nitro benzene ring substituents is 1. The molecule has 0 aromatic heterocycles. The molecule has 3 aromatic carbocycles. The Kier molecular flexibility index (Phi) is 5.00. The molecule has 2 amide bonds. The van der Waals surface area contributed by atoms with Crippen molar-refractivity contribution in [2.45, 2.75) is 13.8 Å². The first-order chi connectivity index (χ1) is 17.3. The first-order valence-corrected chi connectivity index (χ1v) is 12.0. The van der Waals surface area contributed by atoms with Crippen molar-refractivity contribution < 1.29 is 14.5 Å². The second-order valence-electron chi connectivity index (χ2n) is 9.84. The highest BCUT2D eigenvalue weighted by molar-refractivity contribution is 6.23. The number of nitro benzene ring substituents is 1. The first-order valence-electron chi connectivity index (χ1n) is 12.0. The van der Waals surface area contributed by atoms with Gasteiger partial charge in [0, 0.05) is 24.0 Å². The van der Waals surface area contributed by atoms with Gasteiger partial charge in [-0.1, -0.05) is 77.9 Å². The van der Waals surface area contributed by atoms with Crippen LogP contribution in [-0.2, 0) is 9.59 Å². The van der Waals surface area contributed by atoms with Gasteiger partial charge in [0.05, 0.1) is 22.4 Å². The summed E-state index contributed by atoms with van der Waals surface area (Å²) in [6.07, 6.45) is 4.12. The van der Waals surface area contributed by atoms with E-state index in [9.17, 15) is 19.7 Å². The number of allylic oxidation sites excluding steroid dienone is 3. The Balaban J connectivity index is 1.47. The average molecular weight is 477 g/mol. The molecule has 4 atom stereocenters. The summed E-state index contributed by atoms with van der Waals surface area (Å²) in [5.74, 6) is -1.98. The molecule has 0 spiro atoms. The highest BCUT2D eigenvalue weighted by atomic mass is 16.6. The predicted octanol–water partition coefficient (Wildman–Crippen LogP) is 5.64. The van der Waals surface area contributed by atoms with Gasteiger partial charge in [0.25, 0.3) is 5.69 Å². The number of carbonyl (C=O) groups excluding carboxylic acids is 2. The highest BCUT2D eigenvalue weighted by Gasteiger charge is 2.62. The quantitative estimate of drug-likeness (QED) is 0.211. The molecular formula is C30H24N2O4. The Morgan fingerprint density at radius 1 is 0.778 bits per heavy atom. The van der Waals surface area contributed by atoms with E-state index in [1.807, 2.05) is 13.8 Å². The van der Waals surface area contributed by atoms with Crippen molar-refractivity contribution >= 4 is 28.8 Å². The highest BCUT2D eigenvalue weighted by Crippen LogP contribution is 2.59. The van der Waals surface area contributed by atoms with Gasteiger partial charge in [-0.25, -0.2) is 4.90 Å². The zero-order valence-corrected chi connectivity index (χ0v) is 19.9. The molecule has 2 aliphatic carbocycles. The van der Waals surface area contributed by atoms with Crippen molar-refractivity contribution in [3.63, 3.8) is 0 Å². The van der Waals surface area contributed by atoms with Crippen LogP contribution in [0.2, 0.25) is 0 Å². The fourth-order valence-electron chi connectivity index (χ4n) is 6.04. The molecule has 0 unspecified atom stereocenters. The van der Waals surface area contributed by atoms with Crippen molar-refractivity contribution in [3.05, 3.63) is 123 Å². The van der Waals surface area contributed by atoms with Crippen LogP contribution < -0.4 is 4.90 Å². The summed E-state index contributed by atoms with van der Waals surface area (Å²) in [5, 5.41) is 11.3. The fraction of sp³-hybridized carbons (Fsp3) is 0.200. The van der Waals surface area contributed by atoms with Crippen LogP contribution in [0.5, 0.6) is 0 Å². The number of nitrogens with zero attached hydrogens (tertiary/aromatic N) is 2. The maximum atomic E-state index is 13.7. The molecule has 6 rings (SSSR count). The number of nitro groups is 1. The van der Waals surface area contributed by atoms with E-state index in [1.54, 1.807) is 6.07 Å². The number of rotatable bonds is 4. The lowest BCUT2D eigenvalue weighted by Crippen LogP contribution is -2.33. The summed E-state index contributed by atoms with van der Waals surface area (Å²) in [5.41, 5.74) is 6.75. The maximum Gasteiger partial charge on any atom is 0.271 e. The third-order valence-corrected chi connectivity index (χ3v) is 7.68. The predicted molar refractivity (Wildman–Crippen MR) is 137 cm³/mol. The molecule has 0 N–H and O–H groups in total. The summed E-state index contributed by atoms with van der Waals surface area (Å²) >= 11 is 0. The monoisotopic (exact) mass is 476 g/mol. The standard InChI is InChI=1S/C30H24N2O4/c1-17-6-10-19(11-7-17)25(20-12-8-18(2)9-13-20)26-23-14-15-24(26)28-27(23)29(33)31(30(28)34)21-4-3-5-22(16-21)32(35)36/h3-16,23-24,27-28H,1-2H3/t23-,24+,27-,28-/m1/s1. The van der Waals surface area contributed by atoms with Crippen LogP contribution in [0.15, 0.2) is 90.5 Å². The topological polar surface area (TPSA) is 80.5 Å². The third kappa shape index (κ3) is 3.25. The van der Waals surface area contributed by atoms with E-state index in [-0.39, 0.29) is 35.0 Å². The Hall–Kier alpha value is -4.32. The molecule has 3 aromatic rings. The largest absolute Gasteiger partial charge is 0.274 e. The van der Waals surface area contributed by atoms with Gasteiger partial charge in [-0.2, -0.15) is 0 Å². The van der Waals surface area contributed by atoms with Crippen molar-refractivity contribution in [3.8, 4) is 0 Å². The number of benzene rings is 3. The summed E-state index contributed by atoms with van der Waals surface area (Å²) in [4.78, 5) is 39.3. The van der Waals surface area contributed by atoms with Gasteiger partial charge in [0.15, 0.2) is 0 Å². The van der Waals surface area contributed by atoms with Gasteiger partial charge < -0.3 is 0 Å². The Labute approximate surface area is 208 Å². The van der Waals surface area contributed by atoms with Crippen LogP contribution in [0.4, 0.5) is 11.4 Å². The molecule has 1 aliphatic heterocycles. The smallest absolute Gasteiger partial charge is 0.271 e. The van der Waals surface area contributed by atoms with Crippen molar-refractivity contribution in [2.24, 2.45) is 23.7 Å². The van der Waals surface area contributed by atoms with Gasteiger partial charge in [0.1, 0.15) is 0 Å². The molecule has 0 radical (unpaired) electrons. The molecular weight excluding hydrogens is 452 g/mol. The molecule has 36 heavy (non-hydrogen) atoms. The lowest BCUT2D eigenvalue weighted by molar-refractivity contribution is -0.384. The van der Waals surface area contributed by atoms with E-state index >= 15 is 0 Å². The second-order valence-corrected chi connectivity index (χ2v) is 9.84. The van der Waals surface area contributed by atoms with Gasteiger partial charge >= 0.3 is 0 Å². The van der Waals surface area contributed by atoms with E-state index in [1.165, 1.54) is 18.2 Å². The molecule has 2 bridgehead atoms. The molecule has 6 heteroatoms. The van der Waals surface area contributed by atoms with Crippen molar-refractivity contribution in [2.75, 3.05) is 4.90 Å². The van der Waals surface area contributed by atoms with E-state index in [2.05, 4.69) is 60.7 Å². The summed E-state index contributed by atoms with van der Waals surface area (Å²) in [7, 11) is 0. The van der Waals surface area contributed by atoms with Crippen LogP contribution in [0.25, 0.3) is 5.57 Å². The number of fused-ring (bicyclic) bond motifs is 5. The van der Waals surface area contributed by atoms with E-state index in [0.29, 0.717) is 0 Å². The first kappa shape index (κ1) is 22.2. The number of imide groups is 1. The zero-order valence-electron chi connectivity index (χ0n) is 19.9. The molecule has 3 aliphatic rings. The lowest BCUT2D eigenvalue weighted by atomic mass is 9.85. The van der Waals surface area contributed by atoms with Crippen LogP contribution in [-0.4, -0.2) is 16.7 Å². The molecule has 178 valence electrons. The summed E-state index contributed by atoms with van der Waals surface area (Å²) in [6, 6.07) is 22.5. The van der Waals surface area contributed by atoms with Gasteiger partial charge in [-0.05, 0) is 42.2 Å². The minimum Gasteiger partial charge on any atom is -0.274 e. The molecule has 1 saturated heterocycles. The maximum absolute atomic E-state index is 13.7. The molecule has 6 nitrogen and oxygen atoms in total. The normalized spacial score (nSPS) is 23.9. The van der Waals surface area contributed by atoms with E-state index in [0.717, 1.165) is 38.3 Å². The number of aryl methyl sites for hydroxylation is 2. The second kappa shape index (κ2) is 8.12. The minimum atomic E-state index is -0.517. The number of carbonyl (C=O) groups is 2. The van der Waals surface area contributed by atoms with Gasteiger partial charge in [0.2, 0.25) is 11.8 Å². The lowest BCUT2D eigenvalue weighted by Gasteiger charge is -2.21. The molecule has 2 fully saturated rings. The fourth-order valence-corrected chi connectivity index (χ4v) is 6.04. The number of hydrogen-bond donors (Lipinski definition) is 0. The van der Waals surface area contributed by atoms with Crippen molar-refractivity contribution in [1.82, 2.24) is 0 Å². The van der Waals surface area contributed by atoms with Crippen LogP contribution in [0.1, 0.15) is 22.3 Å². The average Bonchev–Trinajstić information content (AvgIpc) is 3.50. The van der Waals surface area contributed by atoms with E-state index in [4.69, 9.17) is 0 Å². The van der Waals surface area contributed by atoms with Crippen LogP contribution in [0, 0.1) is 47.6 Å². The third-order valence-electron chi connectivity index (χ3n) is 7.68. The molecule has 1 heterocycles. The Morgan fingerprint density at radius 2 is 1.28 bits per heavy atom. The Bertz CT molecular complexity index is 1400. The van der Waals surface area contributed by atoms with Crippen LogP contribution >= 0.6 is 0 Å². The zero-order chi connectivity index (χ0) is 25.1. The van der Waals surface area contributed by atoms with Crippen LogP contribution in [0.3, 0.4) is 0 Å². The van der Waals surface area contributed by atoms with Crippen molar-refractivity contribution in [1.29, 1.82) is 0 Å². The Morgan fingerprint density at radius 3 is 1.75 bits per heavy atom.